The molecule has 2 saturated heterocycles. The fourth-order valence-electron chi connectivity index (χ4n) is 3.92. The lowest BCUT2D eigenvalue weighted by atomic mass is 10.0. The first-order valence-electron chi connectivity index (χ1n) is 10.2. The van der Waals surface area contributed by atoms with Crippen molar-refractivity contribution in [3.63, 3.8) is 0 Å². The molecule has 0 aromatic carbocycles. The number of sulfone groups is 1. The van der Waals surface area contributed by atoms with Crippen LogP contribution in [0.4, 0.5) is 0 Å². The third-order valence-corrected chi connectivity index (χ3v) is 8.01. The molecule has 152 valence electrons. The van der Waals surface area contributed by atoms with Gasteiger partial charge in [-0.3, -0.25) is 9.89 Å². The highest BCUT2D eigenvalue weighted by Gasteiger charge is 2.41. The fraction of sp³-hybridized carbons (Fsp3) is 0.947. The van der Waals surface area contributed by atoms with E-state index in [9.17, 15) is 8.42 Å². The number of rotatable bonds is 5. The Bertz CT molecular complexity index is 586. The van der Waals surface area contributed by atoms with Crippen LogP contribution in [0.25, 0.3) is 0 Å². The van der Waals surface area contributed by atoms with Gasteiger partial charge < -0.3 is 10.2 Å². The number of nitrogens with zero attached hydrogens (tertiary/aromatic N) is 3. The second-order valence-corrected chi connectivity index (χ2v) is 11.5. The van der Waals surface area contributed by atoms with Crippen molar-refractivity contribution in [2.45, 2.75) is 64.7 Å². The van der Waals surface area contributed by atoms with E-state index in [4.69, 9.17) is 4.99 Å². The zero-order valence-electron chi connectivity index (χ0n) is 17.3. The van der Waals surface area contributed by atoms with Crippen LogP contribution in [0.15, 0.2) is 4.99 Å². The summed E-state index contributed by atoms with van der Waals surface area (Å²) in [5.74, 6) is 1.74. The minimum Gasteiger partial charge on any atom is -0.357 e. The van der Waals surface area contributed by atoms with Crippen molar-refractivity contribution in [3.05, 3.63) is 0 Å². The topological polar surface area (TPSA) is 65.0 Å². The molecule has 0 aromatic rings. The molecule has 2 rings (SSSR count). The predicted octanol–water partition coefficient (Wildman–Crippen LogP) is 1.97. The first kappa shape index (κ1) is 21.5. The standard InChI is InChI=1S/C19H38N4O2S/c1-6-20-18(23-11-12-26(24,25)19(4,5)15-23)21-13-17-9-7-8-10-22(17)14-16(2)3/h16-17H,6-15H2,1-5H3,(H,20,21). The van der Waals surface area contributed by atoms with E-state index >= 15 is 0 Å². The van der Waals surface area contributed by atoms with Gasteiger partial charge in [0.1, 0.15) is 0 Å². The molecule has 0 saturated carbocycles. The smallest absolute Gasteiger partial charge is 0.194 e. The molecule has 0 radical (unpaired) electrons. The van der Waals surface area contributed by atoms with Gasteiger partial charge in [0.25, 0.3) is 0 Å². The van der Waals surface area contributed by atoms with Crippen molar-refractivity contribution in [2.75, 3.05) is 45.0 Å². The molecule has 6 nitrogen and oxygen atoms in total. The summed E-state index contributed by atoms with van der Waals surface area (Å²) in [6.45, 7) is 15.2. The Labute approximate surface area is 160 Å². The normalized spacial score (nSPS) is 26.9. The second kappa shape index (κ2) is 8.91. The first-order chi connectivity index (χ1) is 12.2. The van der Waals surface area contributed by atoms with Crippen LogP contribution in [0.5, 0.6) is 0 Å². The Morgan fingerprint density at radius 1 is 1.27 bits per heavy atom. The van der Waals surface area contributed by atoms with Gasteiger partial charge in [-0.05, 0) is 46.1 Å². The molecular weight excluding hydrogens is 348 g/mol. The molecule has 2 heterocycles. The number of guanidine groups is 1. The third kappa shape index (κ3) is 5.35. The number of likely N-dealkylation sites (tertiary alicyclic amines) is 1. The summed E-state index contributed by atoms with van der Waals surface area (Å²) in [6, 6.07) is 0.501. The van der Waals surface area contributed by atoms with Gasteiger partial charge in [-0.1, -0.05) is 20.3 Å². The first-order valence-corrected chi connectivity index (χ1v) is 11.8. The minimum absolute atomic E-state index is 0.202. The van der Waals surface area contributed by atoms with Crippen LogP contribution in [0.3, 0.4) is 0 Å². The average Bonchev–Trinajstić information content (AvgIpc) is 2.55. The lowest BCUT2D eigenvalue weighted by Crippen LogP contribution is -2.57. The second-order valence-electron chi connectivity index (χ2n) is 8.73. The summed E-state index contributed by atoms with van der Waals surface area (Å²) in [4.78, 5) is 9.64. The summed E-state index contributed by atoms with van der Waals surface area (Å²) in [6.07, 6.45) is 3.76. The number of hydrogen-bond acceptors (Lipinski definition) is 4. The zero-order valence-corrected chi connectivity index (χ0v) is 18.1. The Balaban J connectivity index is 2.08. The minimum atomic E-state index is -3.03. The van der Waals surface area contributed by atoms with Crippen LogP contribution < -0.4 is 5.32 Å². The maximum atomic E-state index is 12.3. The SMILES string of the molecule is CCNC(=NCC1CCCCN1CC(C)C)N1CCS(=O)(=O)C(C)(C)C1. The maximum absolute atomic E-state index is 12.3. The van der Waals surface area contributed by atoms with Crippen molar-refractivity contribution in [3.8, 4) is 0 Å². The zero-order chi connectivity index (χ0) is 19.4. The fourth-order valence-corrected chi connectivity index (χ4v) is 5.28. The van der Waals surface area contributed by atoms with E-state index in [-0.39, 0.29) is 5.75 Å². The third-order valence-electron chi connectivity index (χ3n) is 5.48. The van der Waals surface area contributed by atoms with Gasteiger partial charge in [0.15, 0.2) is 15.8 Å². The molecule has 2 fully saturated rings. The summed E-state index contributed by atoms with van der Waals surface area (Å²) < 4.78 is 23.8. The number of hydrogen-bond donors (Lipinski definition) is 1. The molecular formula is C19H38N4O2S. The van der Waals surface area contributed by atoms with Crippen molar-refractivity contribution >= 4 is 15.8 Å². The van der Waals surface area contributed by atoms with Crippen LogP contribution in [0.1, 0.15) is 53.9 Å². The molecule has 2 aliphatic rings. The Hall–Kier alpha value is -0.820. The van der Waals surface area contributed by atoms with Gasteiger partial charge in [0.2, 0.25) is 0 Å². The van der Waals surface area contributed by atoms with Crippen molar-refractivity contribution < 1.29 is 8.42 Å². The Morgan fingerprint density at radius 3 is 2.62 bits per heavy atom. The molecule has 1 N–H and O–H groups in total. The van der Waals surface area contributed by atoms with E-state index in [0.717, 1.165) is 25.6 Å². The van der Waals surface area contributed by atoms with E-state index in [1.807, 2.05) is 13.8 Å². The number of piperidine rings is 1. The molecule has 0 aliphatic carbocycles. The monoisotopic (exact) mass is 386 g/mol. The molecule has 0 amide bonds. The lowest BCUT2D eigenvalue weighted by molar-refractivity contribution is 0.136. The van der Waals surface area contributed by atoms with E-state index in [1.54, 1.807) is 0 Å². The number of nitrogens with one attached hydrogen (secondary N) is 1. The molecule has 0 spiro atoms. The highest BCUT2D eigenvalue weighted by atomic mass is 32.2. The average molecular weight is 387 g/mol. The van der Waals surface area contributed by atoms with Crippen LogP contribution in [-0.2, 0) is 9.84 Å². The molecule has 1 atom stereocenters. The largest absolute Gasteiger partial charge is 0.357 e. The predicted molar refractivity (Wildman–Crippen MR) is 109 cm³/mol. The van der Waals surface area contributed by atoms with E-state index in [0.29, 0.717) is 25.0 Å². The van der Waals surface area contributed by atoms with E-state index < -0.39 is 14.6 Å². The Morgan fingerprint density at radius 2 is 2.00 bits per heavy atom. The van der Waals surface area contributed by atoms with Gasteiger partial charge in [-0.2, -0.15) is 0 Å². The van der Waals surface area contributed by atoms with Crippen LogP contribution in [-0.4, -0.2) is 80.0 Å². The molecule has 0 aromatic heterocycles. The van der Waals surface area contributed by atoms with Crippen LogP contribution in [0.2, 0.25) is 0 Å². The lowest BCUT2D eigenvalue weighted by Gasteiger charge is -2.40. The maximum Gasteiger partial charge on any atom is 0.194 e. The van der Waals surface area contributed by atoms with Crippen molar-refractivity contribution in [1.29, 1.82) is 0 Å². The van der Waals surface area contributed by atoms with E-state index in [1.165, 1.54) is 25.8 Å². The number of aliphatic imine (C=N–C) groups is 1. The van der Waals surface area contributed by atoms with Gasteiger partial charge >= 0.3 is 0 Å². The summed E-state index contributed by atoms with van der Waals surface area (Å²) >= 11 is 0. The van der Waals surface area contributed by atoms with Crippen LogP contribution in [0, 0.1) is 5.92 Å². The van der Waals surface area contributed by atoms with Crippen molar-refractivity contribution in [2.24, 2.45) is 10.9 Å². The summed E-state index contributed by atoms with van der Waals surface area (Å²) in [5.41, 5.74) is 0. The summed E-state index contributed by atoms with van der Waals surface area (Å²) in [5, 5.41) is 3.38. The van der Waals surface area contributed by atoms with Gasteiger partial charge in [-0.25, -0.2) is 8.42 Å². The molecule has 1 unspecified atom stereocenters. The van der Waals surface area contributed by atoms with Crippen molar-refractivity contribution in [1.82, 2.24) is 15.1 Å². The van der Waals surface area contributed by atoms with Crippen LogP contribution >= 0.6 is 0 Å². The summed E-state index contributed by atoms with van der Waals surface area (Å²) in [7, 11) is -3.03. The highest BCUT2D eigenvalue weighted by molar-refractivity contribution is 7.92. The molecule has 26 heavy (non-hydrogen) atoms. The highest BCUT2D eigenvalue weighted by Crippen LogP contribution is 2.24. The quantitative estimate of drug-likeness (QED) is 0.578. The molecule has 7 heteroatoms. The van der Waals surface area contributed by atoms with E-state index in [2.05, 4.69) is 35.9 Å². The van der Waals surface area contributed by atoms with Gasteiger partial charge in [0.05, 0.1) is 17.0 Å². The van der Waals surface area contributed by atoms with Gasteiger partial charge in [-0.15, -0.1) is 0 Å². The van der Waals surface area contributed by atoms with Gasteiger partial charge in [0, 0.05) is 32.2 Å². The molecule has 0 bridgehead atoms. The molecule has 2 aliphatic heterocycles. The Kier molecular flexibility index (Phi) is 7.36.